The van der Waals surface area contributed by atoms with Crippen molar-refractivity contribution in [2.24, 2.45) is 5.10 Å². The Labute approximate surface area is 245 Å². The van der Waals surface area contributed by atoms with Gasteiger partial charge in [0.05, 0.1) is 31.5 Å². The fourth-order valence-electron chi connectivity index (χ4n) is 5.34. The molecule has 218 valence electrons. The largest absolute Gasteiger partial charge is 0.483 e. The van der Waals surface area contributed by atoms with Gasteiger partial charge in [-0.2, -0.15) is 5.10 Å². The number of carboxylic acids is 1. The van der Waals surface area contributed by atoms with Crippen LogP contribution in [0.1, 0.15) is 43.7 Å². The van der Waals surface area contributed by atoms with E-state index in [0.29, 0.717) is 31.1 Å². The third-order valence-electron chi connectivity index (χ3n) is 7.39. The van der Waals surface area contributed by atoms with E-state index in [9.17, 15) is 14.7 Å². The van der Waals surface area contributed by atoms with Crippen molar-refractivity contribution in [3.8, 4) is 5.75 Å². The Bertz CT molecular complexity index is 1600. The summed E-state index contributed by atoms with van der Waals surface area (Å²) in [6.07, 6.45) is 3.48. The van der Waals surface area contributed by atoms with Crippen molar-refractivity contribution in [2.45, 2.75) is 33.9 Å². The molecule has 1 amide bonds. The zero-order chi connectivity index (χ0) is 29.6. The SMILES string of the molecule is Cc1cc(C)c(OCC(=O)N(Cc2cc(CN3CCOCC3)ccc2C(=O)O)/N=C/c2ccc3cc[nH]c3c2)c(C)c1. The predicted octanol–water partition coefficient (Wildman–Crippen LogP) is 5.07. The molecule has 0 unspecified atom stereocenters. The maximum Gasteiger partial charge on any atom is 0.336 e. The van der Waals surface area contributed by atoms with E-state index < -0.39 is 5.97 Å². The van der Waals surface area contributed by atoms with Gasteiger partial charge in [-0.3, -0.25) is 9.69 Å². The summed E-state index contributed by atoms with van der Waals surface area (Å²) in [5.41, 5.74) is 6.36. The molecule has 1 aromatic heterocycles. The van der Waals surface area contributed by atoms with Crippen LogP contribution in [0.15, 0.2) is 65.9 Å². The number of morpholine rings is 1. The third-order valence-corrected chi connectivity index (χ3v) is 7.39. The Morgan fingerprint density at radius 1 is 1.05 bits per heavy atom. The highest BCUT2D eigenvalue weighted by molar-refractivity contribution is 5.91. The molecule has 9 nitrogen and oxygen atoms in total. The summed E-state index contributed by atoms with van der Waals surface area (Å²) in [5, 5.41) is 16.9. The van der Waals surface area contributed by atoms with Crippen molar-refractivity contribution < 1.29 is 24.2 Å². The second kappa shape index (κ2) is 13.0. The van der Waals surface area contributed by atoms with Gasteiger partial charge >= 0.3 is 5.97 Å². The van der Waals surface area contributed by atoms with E-state index in [1.807, 2.05) is 75.5 Å². The number of rotatable bonds is 10. The summed E-state index contributed by atoms with van der Waals surface area (Å²) in [7, 11) is 0. The van der Waals surface area contributed by atoms with Gasteiger partial charge in [0.1, 0.15) is 5.75 Å². The smallest absolute Gasteiger partial charge is 0.336 e. The van der Waals surface area contributed by atoms with Crippen molar-refractivity contribution in [1.29, 1.82) is 0 Å². The third kappa shape index (κ3) is 7.05. The van der Waals surface area contributed by atoms with Gasteiger partial charge in [0.15, 0.2) is 6.61 Å². The molecule has 1 aliphatic rings. The first kappa shape index (κ1) is 29.0. The maximum absolute atomic E-state index is 13.6. The topological polar surface area (TPSA) is 107 Å². The number of nitrogens with zero attached hydrogens (tertiary/aromatic N) is 3. The zero-order valence-electron chi connectivity index (χ0n) is 24.2. The summed E-state index contributed by atoms with van der Waals surface area (Å²) in [4.78, 5) is 31.2. The lowest BCUT2D eigenvalue weighted by Gasteiger charge is -2.27. The van der Waals surface area contributed by atoms with Crippen LogP contribution in [0, 0.1) is 20.8 Å². The molecule has 4 aromatic rings. The molecule has 0 bridgehead atoms. The number of carboxylic acid groups (broad SMARTS) is 1. The summed E-state index contributed by atoms with van der Waals surface area (Å²) in [6.45, 7) is 9.29. The van der Waals surface area contributed by atoms with Crippen LogP contribution in [-0.2, 0) is 22.6 Å². The summed E-state index contributed by atoms with van der Waals surface area (Å²) < 4.78 is 11.5. The lowest BCUT2D eigenvalue weighted by Crippen LogP contribution is -2.35. The van der Waals surface area contributed by atoms with Gasteiger partial charge in [0.2, 0.25) is 0 Å². The van der Waals surface area contributed by atoms with Crippen molar-refractivity contribution >= 4 is 29.0 Å². The highest BCUT2D eigenvalue weighted by Gasteiger charge is 2.20. The molecule has 42 heavy (non-hydrogen) atoms. The van der Waals surface area contributed by atoms with Crippen molar-refractivity contribution in [1.82, 2.24) is 14.9 Å². The number of aromatic carboxylic acids is 1. The average molecular weight is 569 g/mol. The molecule has 2 heterocycles. The number of aryl methyl sites for hydroxylation is 3. The molecule has 2 N–H and O–H groups in total. The van der Waals surface area contributed by atoms with E-state index in [-0.39, 0.29) is 24.6 Å². The number of benzene rings is 3. The number of carbonyl (C=O) groups excluding carboxylic acids is 1. The van der Waals surface area contributed by atoms with Crippen LogP contribution in [-0.4, -0.2) is 71.0 Å². The lowest BCUT2D eigenvalue weighted by atomic mass is 10.0. The first-order chi connectivity index (χ1) is 20.3. The molecule has 3 aromatic carbocycles. The lowest BCUT2D eigenvalue weighted by molar-refractivity contribution is -0.134. The Kier molecular flexibility index (Phi) is 9.00. The van der Waals surface area contributed by atoms with Gasteiger partial charge in [0.25, 0.3) is 5.91 Å². The standard InChI is InChI=1S/C33H36N4O5/c1-22-14-23(2)32(24(3)15-22)42-21-31(38)37(35-18-25-4-6-27-8-9-34-30(27)17-25)20-28-16-26(5-7-29(28)33(39)40)19-36-10-12-41-13-11-36/h4-9,14-18,34H,10-13,19-21H2,1-3H3,(H,39,40)/b35-18+. The summed E-state index contributed by atoms with van der Waals surface area (Å²) >= 11 is 0. The number of H-pyrrole nitrogens is 1. The van der Waals surface area contributed by atoms with E-state index in [2.05, 4.69) is 15.0 Å². The average Bonchev–Trinajstić information content (AvgIpc) is 3.43. The Morgan fingerprint density at radius 3 is 2.55 bits per heavy atom. The van der Waals surface area contributed by atoms with E-state index >= 15 is 0 Å². The minimum Gasteiger partial charge on any atom is -0.483 e. The molecule has 0 aliphatic carbocycles. The van der Waals surface area contributed by atoms with Crippen LogP contribution in [0.5, 0.6) is 5.75 Å². The molecular weight excluding hydrogens is 532 g/mol. The number of ether oxygens (including phenoxy) is 2. The van der Waals surface area contributed by atoms with Crippen LogP contribution >= 0.6 is 0 Å². The van der Waals surface area contributed by atoms with Gasteiger partial charge in [-0.05, 0) is 72.2 Å². The molecule has 1 fully saturated rings. The Hall–Kier alpha value is -4.47. The molecule has 0 atom stereocenters. The number of aromatic amines is 1. The minimum atomic E-state index is -1.06. The number of fused-ring (bicyclic) bond motifs is 1. The zero-order valence-corrected chi connectivity index (χ0v) is 24.2. The van der Waals surface area contributed by atoms with Crippen molar-refractivity contribution in [3.05, 3.63) is 99.7 Å². The van der Waals surface area contributed by atoms with E-state index in [1.165, 1.54) is 5.01 Å². The number of amides is 1. The fourth-order valence-corrected chi connectivity index (χ4v) is 5.34. The molecule has 5 rings (SSSR count). The number of nitrogens with one attached hydrogen (secondary N) is 1. The number of carbonyl (C=O) groups is 2. The van der Waals surface area contributed by atoms with Gasteiger partial charge in [-0.25, -0.2) is 9.80 Å². The molecule has 0 radical (unpaired) electrons. The second-order valence-electron chi connectivity index (χ2n) is 10.7. The van der Waals surface area contributed by atoms with E-state index in [4.69, 9.17) is 9.47 Å². The van der Waals surface area contributed by atoms with Crippen LogP contribution in [0.2, 0.25) is 0 Å². The van der Waals surface area contributed by atoms with Crippen LogP contribution in [0.3, 0.4) is 0 Å². The summed E-state index contributed by atoms with van der Waals surface area (Å²) in [6, 6.07) is 17.1. The first-order valence-electron chi connectivity index (χ1n) is 14.0. The maximum atomic E-state index is 13.6. The number of hydrogen-bond donors (Lipinski definition) is 2. The fraction of sp³-hybridized carbons (Fsp3) is 0.303. The van der Waals surface area contributed by atoms with Crippen LogP contribution < -0.4 is 4.74 Å². The second-order valence-corrected chi connectivity index (χ2v) is 10.7. The normalized spacial score (nSPS) is 14.0. The molecule has 1 saturated heterocycles. The van der Waals surface area contributed by atoms with Gasteiger partial charge < -0.3 is 19.6 Å². The Morgan fingerprint density at radius 2 is 1.81 bits per heavy atom. The van der Waals surface area contributed by atoms with Crippen LogP contribution in [0.4, 0.5) is 0 Å². The molecule has 9 heteroatoms. The molecule has 0 spiro atoms. The monoisotopic (exact) mass is 568 g/mol. The predicted molar refractivity (Wildman–Crippen MR) is 162 cm³/mol. The molecule has 0 saturated carbocycles. The minimum absolute atomic E-state index is 0.0200. The Balaban J connectivity index is 1.42. The quantitative estimate of drug-likeness (QED) is 0.204. The van der Waals surface area contributed by atoms with Crippen molar-refractivity contribution in [3.63, 3.8) is 0 Å². The molecular formula is C33H36N4O5. The van der Waals surface area contributed by atoms with Gasteiger partial charge in [-0.15, -0.1) is 0 Å². The number of hydrazone groups is 1. The van der Waals surface area contributed by atoms with E-state index in [1.54, 1.807) is 12.3 Å². The number of aromatic nitrogens is 1. The van der Waals surface area contributed by atoms with Crippen LogP contribution in [0.25, 0.3) is 10.9 Å². The van der Waals surface area contributed by atoms with Crippen molar-refractivity contribution in [2.75, 3.05) is 32.9 Å². The highest BCUT2D eigenvalue weighted by Crippen LogP contribution is 2.25. The van der Waals surface area contributed by atoms with Gasteiger partial charge in [-0.1, -0.05) is 42.0 Å². The number of hydrogen-bond acceptors (Lipinski definition) is 6. The summed E-state index contributed by atoms with van der Waals surface area (Å²) in [5.74, 6) is -0.783. The highest BCUT2D eigenvalue weighted by atomic mass is 16.5. The molecule has 1 aliphatic heterocycles. The van der Waals surface area contributed by atoms with Gasteiger partial charge in [0, 0.05) is 31.3 Å². The van der Waals surface area contributed by atoms with E-state index in [0.717, 1.165) is 51.8 Å². The first-order valence-corrected chi connectivity index (χ1v) is 14.0.